The highest BCUT2D eigenvalue weighted by molar-refractivity contribution is 5.95. The van der Waals surface area contributed by atoms with Crippen LogP contribution in [0.25, 0.3) is 11.3 Å². The van der Waals surface area contributed by atoms with Crippen molar-refractivity contribution >= 4 is 11.7 Å². The molecule has 6 nitrogen and oxygen atoms in total. The number of carbonyl (C=O) groups excluding carboxylic acids is 1. The van der Waals surface area contributed by atoms with Crippen molar-refractivity contribution in [3.63, 3.8) is 0 Å². The zero-order valence-electron chi connectivity index (χ0n) is 14.5. The normalized spacial score (nSPS) is 16.8. The second-order valence-corrected chi connectivity index (χ2v) is 6.41. The van der Waals surface area contributed by atoms with Crippen molar-refractivity contribution in [1.29, 1.82) is 0 Å². The third-order valence-electron chi connectivity index (χ3n) is 4.47. The fourth-order valence-corrected chi connectivity index (χ4v) is 3.05. The van der Waals surface area contributed by atoms with E-state index in [1.54, 1.807) is 11.1 Å². The fourth-order valence-electron chi connectivity index (χ4n) is 3.05. The molecule has 0 saturated carbocycles. The largest absolute Gasteiger partial charge is 0.382 e. The molecule has 132 valence electrons. The van der Waals surface area contributed by atoms with Crippen LogP contribution in [0.1, 0.15) is 36.0 Å². The van der Waals surface area contributed by atoms with E-state index in [0.29, 0.717) is 23.2 Å². The Kier molecular flexibility index (Phi) is 5.60. The van der Waals surface area contributed by atoms with Crippen LogP contribution in [0.4, 0.5) is 5.82 Å². The molecule has 3 rings (SSSR count). The van der Waals surface area contributed by atoms with Gasteiger partial charge in [0, 0.05) is 31.3 Å². The summed E-state index contributed by atoms with van der Waals surface area (Å²) in [5.41, 5.74) is 7.77. The van der Waals surface area contributed by atoms with Gasteiger partial charge in [-0.05, 0) is 37.8 Å². The average molecular weight is 340 g/mol. The molecule has 2 heterocycles. The Labute approximate surface area is 148 Å². The lowest BCUT2D eigenvalue weighted by Gasteiger charge is -2.18. The van der Waals surface area contributed by atoms with Gasteiger partial charge in [0.25, 0.3) is 5.91 Å². The molecule has 2 aromatic rings. The van der Waals surface area contributed by atoms with Crippen molar-refractivity contribution in [1.82, 2.24) is 14.9 Å². The monoisotopic (exact) mass is 340 g/mol. The maximum atomic E-state index is 12.6. The number of aromatic nitrogens is 2. The Morgan fingerprint density at radius 1 is 1.36 bits per heavy atom. The van der Waals surface area contributed by atoms with Gasteiger partial charge in [0.1, 0.15) is 5.82 Å². The highest BCUT2D eigenvalue weighted by Gasteiger charge is 2.17. The van der Waals surface area contributed by atoms with Gasteiger partial charge in [-0.1, -0.05) is 12.1 Å². The van der Waals surface area contributed by atoms with Crippen molar-refractivity contribution in [3.05, 3.63) is 42.2 Å². The minimum Gasteiger partial charge on any atom is -0.382 e. The number of ether oxygens (including phenoxy) is 1. The molecule has 1 atom stereocenters. The molecule has 0 aliphatic carbocycles. The molecule has 0 bridgehead atoms. The third-order valence-corrected chi connectivity index (χ3v) is 4.47. The number of nitrogen functional groups attached to an aromatic ring is 1. The molecule has 0 radical (unpaired) electrons. The van der Waals surface area contributed by atoms with Crippen LogP contribution >= 0.6 is 0 Å². The topological polar surface area (TPSA) is 81.3 Å². The van der Waals surface area contributed by atoms with Crippen molar-refractivity contribution in [2.45, 2.75) is 31.8 Å². The van der Waals surface area contributed by atoms with Crippen LogP contribution < -0.4 is 5.73 Å². The molecule has 25 heavy (non-hydrogen) atoms. The first-order valence-electron chi connectivity index (χ1n) is 8.68. The summed E-state index contributed by atoms with van der Waals surface area (Å²) >= 11 is 0. The van der Waals surface area contributed by atoms with Crippen LogP contribution in [0, 0.1) is 0 Å². The zero-order valence-corrected chi connectivity index (χ0v) is 14.5. The number of anilines is 1. The number of benzene rings is 1. The predicted molar refractivity (Wildman–Crippen MR) is 97.0 cm³/mol. The predicted octanol–water partition coefficient (Wildman–Crippen LogP) is 2.76. The molecule has 1 aromatic carbocycles. The van der Waals surface area contributed by atoms with Crippen molar-refractivity contribution < 1.29 is 9.53 Å². The van der Waals surface area contributed by atoms with Gasteiger partial charge in [-0.15, -0.1) is 0 Å². The first kappa shape index (κ1) is 17.4. The van der Waals surface area contributed by atoms with E-state index in [1.165, 1.54) is 6.20 Å². The average Bonchev–Trinajstić information content (AvgIpc) is 3.15. The van der Waals surface area contributed by atoms with Gasteiger partial charge in [0.15, 0.2) is 0 Å². The Bertz CT molecular complexity index is 712. The summed E-state index contributed by atoms with van der Waals surface area (Å²) in [5.74, 6) is 0.388. The number of hydrogen-bond donors (Lipinski definition) is 1. The zero-order chi connectivity index (χ0) is 17.6. The lowest BCUT2D eigenvalue weighted by atomic mass is 10.1. The van der Waals surface area contributed by atoms with E-state index >= 15 is 0 Å². The molecule has 1 amide bonds. The molecule has 0 unspecified atom stereocenters. The Balaban J connectivity index is 1.61. The molecule has 2 N–H and O–H groups in total. The summed E-state index contributed by atoms with van der Waals surface area (Å²) in [7, 11) is 1.84. The summed E-state index contributed by atoms with van der Waals surface area (Å²) in [6, 6.07) is 7.45. The van der Waals surface area contributed by atoms with Crippen LogP contribution in [0.3, 0.4) is 0 Å². The second-order valence-electron chi connectivity index (χ2n) is 6.41. The van der Waals surface area contributed by atoms with E-state index in [1.807, 2.05) is 31.3 Å². The Hall–Kier alpha value is -2.47. The SMILES string of the molecule is CN(CCC[C@@H]1CCCO1)C(=O)c1cccc(-c2cnc(N)cn2)c1. The van der Waals surface area contributed by atoms with Gasteiger partial charge in [-0.3, -0.25) is 9.78 Å². The van der Waals surface area contributed by atoms with Crippen LogP contribution in [0.5, 0.6) is 0 Å². The second kappa shape index (κ2) is 8.07. The highest BCUT2D eigenvalue weighted by atomic mass is 16.5. The molecular weight excluding hydrogens is 316 g/mol. The number of carbonyl (C=O) groups is 1. The first-order chi connectivity index (χ1) is 12.1. The van der Waals surface area contributed by atoms with Gasteiger partial charge in [0.05, 0.1) is 24.2 Å². The maximum Gasteiger partial charge on any atom is 0.253 e. The van der Waals surface area contributed by atoms with Crippen LogP contribution in [-0.4, -0.2) is 47.1 Å². The van der Waals surface area contributed by atoms with E-state index in [4.69, 9.17) is 10.5 Å². The van der Waals surface area contributed by atoms with E-state index in [9.17, 15) is 4.79 Å². The van der Waals surface area contributed by atoms with Crippen molar-refractivity contribution in [3.8, 4) is 11.3 Å². The lowest BCUT2D eigenvalue weighted by molar-refractivity contribution is 0.0763. The molecule has 6 heteroatoms. The standard InChI is InChI=1S/C19H24N4O2/c1-23(9-3-7-16-8-4-10-25-16)19(24)15-6-2-5-14(11-15)17-12-22-18(20)13-21-17/h2,5-6,11-13,16H,3-4,7-10H2,1H3,(H2,20,22)/t16-/m1/s1. The summed E-state index contributed by atoms with van der Waals surface area (Å²) in [6.07, 6.45) is 7.76. The molecule has 1 aromatic heterocycles. The van der Waals surface area contributed by atoms with Gasteiger partial charge in [0.2, 0.25) is 0 Å². The molecule has 1 aliphatic rings. The van der Waals surface area contributed by atoms with Gasteiger partial charge < -0.3 is 15.4 Å². The highest BCUT2D eigenvalue weighted by Crippen LogP contribution is 2.20. The number of hydrogen-bond acceptors (Lipinski definition) is 5. The molecule has 1 saturated heterocycles. The van der Waals surface area contributed by atoms with E-state index in [2.05, 4.69) is 9.97 Å². The van der Waals surface area contributed by atoms with Crippen LogP contribution in [0.2, 0.25) is 0 Å². The van der Waals surface area contributed by atoms with Gasteiger partial charge in [-0.25, -0.2) is 4.98 Å². The number of rotatable bonds is 6. The molecule has 0 spiro atoms. The molecule has 1 aliphatic heterocycles. The van der Waals surface area contributed by atoms with Gasteiger partial charge >= 0.3 is 0 Å². The minimum atomic E-state index is 0.0117. The van der Waals surface area contributed by atoms with Crippen molar-refractivity contribution in [2.75, 3.05) is 25.9 Å². The van der Waals surface area contributed by atoms with E-state index < -0.39 is 0 Å². The summed E-state index contributed by atoms with van der Waals surface area (Å²) in [6.45, 7) is 1.60. The van der Waals surface area contributed by atoms with E-state index in [0.717, 1.165) is 44.4 Å². The minimum absolute atomic E-state index is 0.0117. The van der Waals surface area contributed by atoms with Crippen LogP contribution in [-0.2, 0) is 4.74 Å². The fraction of sp³-hybridized carbons (Fsp3) is 0.421. The molecule has 1 fully saturated rings. The summed E-state index contributed by atoms with van der Waals surface area (Å²) < 4.78 is 5.63. The summed E-state index contributed by atoms with van der Waals surface area (Å²) in [5, 5.41) is 0. The van der Waals surface area contributed by atoms with Crippen molar-refractivity contribution in [2.24, 2.45) is 0 Å². The first-order valence-corrected chi connectivity index (χ1v) is 8.68. The number of amides is 1. The van der Waals surface area contributed by atoms with Gasteiger partial charge in [-0.2, -0.15) is 0 Å². The molecular formula is C19H24N4O2. The smallest absolute Gasteiger partial charge is 0.253 e. The van der Waals surface area contributed by atoms with E-state index in [-0.39, 0.29) is 5.91 Å². The summed E-state index contributed by atoms with van der Waals surface area (Å²) in [4.78, 5) is 22.7. The third kappa shape index (κ3) is 4.54. The lowest BCUT2D eigenvalue weighted by Crippen LogP contribution is -2.28. The Morgan fingerprint density at radius 2 is 2.24 bits per heavy atom. The quantitative estimate of drug-likeness (QED) is 0.874. The maximum absolute atomic E-state index is 12.6. The number of nitrogens with zero attached hydrogens (tertiary/aromatic N) is 3. The number of nitrogens with two attached hydrogens (primary N) is 1. The Morgan fingerprint density at radius 3 is 2.96 bits per heavy atom. The van der Waals surface area contributed by atoms with Crippen LogP contribution in [0.15, 0.2) is 36.7 Å².